The van der Waals surface area contributed by atoms with Gasteiger partial charge in [0.1, 0.15) is 12.1 Å². The Labute approximate surface area is 107 Å². The van der Waals surface area contributed by atoms with E-state index in [-0.39, 0.29) is 12.8 Å². The molecular weight excluding hydrogens is 262 g/mol. The van der Waals surface area contributed by atoms with Crippen molar-refractivity contribution in [1.29, 1.82) is 0 Å². The molecule has 0 bridgehead atoms. The number of carbonyl (C=O) groups is 4. The summed E-state index contributed by atoms with van der Waals surface area (Å²) in [4.78, 5) is 42.4. The standard InChI is InChI=1S/C10H15NO8/c12-7(13)3-1-5(9(16)17)11-6(10(18)19)2-4-8(14)15/h5-6,11H,1-4H2,(H,12,13)(H,14,15)(H,16,17)(H,18,19). The Kier molecular flexibility index (Phi) is 7.12. The van der Waals surface area contributed by atoms with Crippen LogP contribution >= 0.6 is 0 Å². The molecule has 0 aromatic heterocycles. The molecule has 0 rings (SSSR count). The fourth-order valence-electron chi connectivity index (χ4n) is 1.33. The van der Waals surface area contributed by atoms with Gasteiger partial charge in [0.15, 0.2) is 0 Å². The summed E-state index contributed by atoms with van der Waals surface area (Å²) in [6.45, 7) is 0. The summed E-state index contributed by atoms with van der Waals surface area (Å²) >= 11 is 0. The highest BCUT2D eigenvalue weighted by atomic mass is 16.4. The maximum absolute atomic E-state index is 10.8. The predicted molar refractivity (Wildman–Crippen MR) is 59.7 cm³/mol. The van der Waals surface area contributed by atoms with Crippen LogP contribution in [0.2, 0.25) is 0 Å². The molecule has 108 valence electrons. The molecule has 2 unspecified atom stereocenters. The van der Waals surface area contributed by atoms with Crippen molar-refractivity contribution in [3.05, 3.63) is 0 Å². The molecule has 5 N–H and O–H groups in total. The largest absolute Gasteiger partial charge is 0.481 e. The van der Waals surface area contributed by atoms with Gasteiger partial charge in [-0.15, -0.1) is 0 Å². The Morgan fingerprint density at radius 1 is 0.737 bits per heavy atom. The van der Waals surface area contributed by atoms with Crippen LogP contribution in [0.15, 0.2) is 0 Å². The van der Waals surface area contributed by atoms with Crippen LogP contribution in [0.5, 0.6) is 0 Å². The van der Waals surface area contributed by atoms with Crippen LogP contribution in [-0.4, -0.2) is 56.4 Å². The minimum Gasteiger partial charge on any atom is -0.481 e. The Bertz CT molecular complexity index is 333. The molecular formula is C10H15NO8. The molecule has 0 aliphatic heterocycles. The van der Waals surface area contributed by atoms with Gasteiger partial charge in [-0.1, -0.05) is 0 Å². The average molecular weight is 277 g/mol. The van der Waals surface area contributed by atoms with E-state index in [1.54, 1.807) is 0 Å². The normalized spacial score (nSPS) is 13.5. The molecule has 0 aliphatic rings. The lowest BCUT2D eigenvalue weighted by atomic mass is 10.1. The zero-order valence-corrected chi connectivity index (χ0v) is 9.90. The van der Waals surface area contributed by atoms with Gasteiger partial charge in [0.25, 0.3) is 0 Å². The first kappa shape index (κ1) is 16.8. The average Bonchev–Trinajstić information content (AvgIpc) is 2.26. The maximum atomic E-state index is 10.8. The van der Waals surface area contributed by atoms with Gasteiger partial charge in [-0.05, 0) is 12.8 Å². The summed E-state index contributed by atoms with van der Waals surface area (Å²) in [5.41, 5.74) is 0. The van der Waals surface area contributed by atoms with Crippen LogP contribution < -0.4 is 5.32 Å². The summed E-state index contributed by atoms with van der Waals surface area (Å²) in [6.07, 6.45) is -1.45. The maximum Gasteiger partial charge on any atom is 0.320 e. The van der Waals surface area contributed by atoms with Gasteiger partial charge in [0, 0.05) is 12.8 Å². The van der Waals surface area contributed by atoms with Crippen molar-refractivity contribution in [3.63, 3.8) is 0 Å². The van der Waals surface area contributed by atoms with Crippen LogP contribution in [0, 0.1) is 0 Å². The molecule has 0 radical (unpaired) electrons. The highest BCUT2D eigenvalue weighted by Gasteiger charge is 2.26. The quantitative estimate of drug-likeness (QED) is 0.344. The number of carboxylic acids is 4. The van der Waals surface area contributed by atoms with Crippen molar-refractivity contribution in [3.8, 4) is 0 Å². The van der Waals surface area contributed by atoms with Crippen LogP contribution in [-0.2, 0) is 19.2 Å². The second-order valence-corrected chi connectivity index (χ2v) is 3.81. The van der Waals surface area contributed by atoms with Crippen molar-refractivity contribution >= 4 is 23.9 Å². The van der Waals surface area contributed by atoms with E-state index in [0.29, 0.717) is 0 Å². The summed E-state index contributed by atoms with van der Waals surface area (Å²) in [5.74, 6) is -5.18. The fraction of sp³-hybridized carbons (Fsp3) is 0.600. The Balaban J connectivity index is 4.56. The van der Waals surface area contributed by atoms with E-state index in [1.807, 2.05) is 0 Å². The Hall–Kier alpha value is -2.16. The first-order valence-electron chi connectivity index (χ1n) is 5.39. The molecule has 0 aliphatic carbocycles. The number of hydrogen-bond acceptors (Lipinski definition) is 5. The second kappa shape index (κ2) is 8.03. The van der Waals surface area contributed by atoms with Crippen LogP contribution in [0.4, 0.5) is 0 Å². The summed E-state index contributed by atoms with van der Waals surface area (Å²) in [6, 6.07) is -2.71. The zero-order chi connectivity index (χ0) is 15.0. The summed E-state index contributed by atoms with van der Waals surface area (Å²) < 4.78 is 0. The lowest BCUT2D eigenvalue weighted by Gasteiger charge is -2.19. The Morgan fingerprint density at radius 3 is 1.26 bits per heavy atom. The highest BCUT2D eigenvalue weighted by molar-refractivity contribution is 5.78. The van der Waals surface area contributed by atoms with Crippen LogP contribution in [0.1, 0.15) is 25.7 Å². The third-order valence-corrected chi connectivity index (χ3v) is 2.29. The van der Waals surface area contributed by atoms with E-state index in [1.165, 1.54) is 0 Å². The van der Waals surface area contributed by atoms with E-state index < -0.39 is 48.8 Å². The molecule has 2 atom stereocenters. The number of aliphatic carboxylic acids is 4. The first-order chi connectivity index (χ1) is 8.73. The third kappa shape index (κ3) is 7.71. The predicted octanol–water partition coefficient (Wildman–Crippen LogP) is -0.788. The molecule has 0 heterocycles. The minimum atomic E-state index is -1.39. The molecule has 0 fully saturated rings. The van der Waals surface area contributed by atoms with Crippen molar-refractivity contribution in [2.75, 3.05) is 0 Å². The zero-order valence-electron chi connectivity index (χ0n) is 9.90. The van der Waals surface area contributed by atoms with Crippen molar-refractivity contribution in [1.82, 2.24) is 5.32 Å². The molecule has 0 saturated carbocycles. The number of hydrogen-bond donors (Lipinski definition) is 5. The molecule has 9 heteroatoms. The van der Waals surface area contributed by atoms with E-state index in [2.05, 4.69) is 5.32 Å². The molecule has 0 spiro atoms. The number of rotatable bonds is 10. The molecule has 0 amide bonds. The van der Waals surface area contributed by atoms with Gasteiger partial charge in [-0.25, -0.2) is 0 Å². The van der Waals surface area contributed by atoms with Crippen molar-refractivity contribution in [2.45, 2.75) is 37.8 Å². The van der Waals surface area contributed by atoms with Crippen LogP contribution in [0.3, 0.4) is 0 Å². The molecule has 19 heavy (non-hydrogen) atoms. The van der Waals surface area contributed by atoms with Crippen LogP contribution in [0.25, 0.3) is 0 Å². The fourth-order valence-corrected chi connectivity index (χ4v) is 1.33. The Morgan fingerprint density at radius 2 is 1.05 bits per heavy atom. The van der Waals surface area contributed by atoms with Gasteiger partial charge >= 0.3 is 23.9 Å². The van der Waals surface area contributed by atoms with Crippen molar-refractivity contribution in [2.24, 2.45) is 0 Å². The minimum absolute atomic E-state index is 0.290. The first-order valence-corrected chi connectivity index (χ1v) is 5.39. The monoisotopic (exact) mass is 277 g/mol. The van der Waals surface area contributed by atoms with E-state index in [0.717, 1.165) is 0 Å². The smallest absolute Gasteiger partial charge is 0.320 e. The topological polar surface area (TPSA) is 161 Å². The third-order valence-electron chi connectivity index (χ3n) is 2.29. The van der Waals surface area contributed by atoms with Gasteiger partial charge in [0.2, 0.25) is 0 Å². The van der Waals surface area contributed by atoms with Gasteiger partial charge in [-0.2, -0.15) is 0 Å². The lowest BCUT2D eigenvalue weighted by molar-refractivity contribution is -0.143. The van der Waals surface area contributed by atoms with Gasteiger partial charge < -0.3 is 20.4 Å². The van der Waals surface area contributed by atoms with E-state index >= 15 is 0 Å². The van der Waals surface area contributed by atoms with Crippen molar-refractivity contribution < 1.29 is 39.6 Å². The lowest BCUT2D eigenvalue weighted by Crippen LogP contribution is -2.47. The molecule has 9 nitrogen and oxygen atoms in total. The molecule has 0 aromatic carbocycles. The highest BCUT2D eigenvalue weighted by Crippen LogP contribution is 2.04. The SMILES string of the molecule is O=C(O)CCC(NC(CCC(=O)O)C(=O)O)C(=O)O. The van der Waals surface area contributed by atoms with E-state index in [9.17, 15) is 19.2 Å². The summed E-state index contributed by atoms with van der Waals surface area (Å²) in [7, 11) is 0. The number of nitrogens with one attached hydrogen (secondary N) is 1. The second-order valence-electron chi connectivity index (χ2n) is 3.81. The van der Waals surface area contributed by atoms with Gasteiger partial charge in [-0.3, -0.25) is 24.5 Å². The van der Waals surface area contributed by atoms with Gasteiger partial charge in [0.05, 0.1) is 0 Å². The summed E-state index contributed by atoms with van der Waals surface area (Å²) in [5, 5.41) is 36.8. The molecule has 0 saturated heterocycles. The number of carboxylic acid groups (broad SMARTS) is 4. The van der Waals surface area contributed by atoms with E-state index in [4.69, 9.17) is 20.4 Å². The molecule has 0 aromatic rings.